The Labute approximate surface area is 163 Å². The Kier molecular flexibility index (Phi) is 4.71. The number of amides is 1. The van der Waals surface area contributed by atoms with E-state index in [9.17, 15) is 13.6 Å². The number of halogens is 2. The number of nitrogens with one attached hydrogen (secondary N) is 1. The molecule has 0 saturated heterocycles. The first-order valence-corrected chi connectivity index (χ1v) is 9.43. The molecule has 1 N–H and O–H groups in total. The third-order valence-electron chi connectivity index (χ3n) is 5.23. The van der Waals surface area contributed by atoms with Crippen LogP contribution in [0, 0.1) is 0 Å². The van der Waals surface area contributed by atoms with Crippen molar-refractivity contribution in [2.24, 2.45) is 0 Å². The maximum Gasteiger partial charge on any atom is 0.270 e. The number of aryl methyl sites for hydroxylation is 2. The highest BCUT2D eigenvalue weighted by Gasteiger charge is 2.24. The van der Waals surface area contributed by atoms with Gasteiger partial charge in [-0.05, 0) is 59.7 Å². The van der Waals surface area contributed by atoms with Gasteiger partial charge < -0.3 is 5.32 Å². The van der Waals surface area contributed by atoms with Crippen LogP contribution in [0.25, 0.3) is 11.1 Å². The molecule has 1 amide bonds. The normalized spacial score (nSPS) is 13.2. The maximum absolute atomic E-state index is 13.5. The molecule has 0 radical (unpaired) electrons. The molecule has 1 aliphatic carbocycles. The van der Waals surface area contributed by atoms with Crippen molar-refractivity contribution in [3.8, 4) is 11.1 Å². The fraction of sp³-hybridized carbons (Fsp3) is 0.208. The Balaban J connectivity index is 1.61. The number of fused-ring (bicyclic) bond motifs is 1. The van der Waals surface area contributed by atoms with Crippen molar-refractivity contribution < 1.29 is 13.6 Å². The number of hydrogen-bond donors (Lipinski definition) is 1. The summed E-state index contributed by atoms with van der Waals surface area (Å²) in [6, 6.07) is 19.4. The number of anilines is 1. The molecule has 0 unspecified atom stereocenters. The molecule has 4 rings (SSSR count). The molecule has 0 atom stereocenters. The minimum absolute atomic E-state index is 0.0451. The first-order valence-electron chi connectivity index (χ1n) is 9.43. The van der Waals surface area contributed by atoms with Gasteiger partial charge in [0, 0.05) is 23.7 Å². The quantitative estimate of drug-likeness (QED) is 0.576. The summed E-state index contributed by atoms with van der Waals surface area (Å²) < 4.78 is 26.9. The molecule has 0 bridgehead atoms. The molecule has 28 heavy (non-hydrogen) atoms. The van der Waals surface area contributed by atoms with E-state index >= 15 is 0 Å². The molecule has 3 aromatic rings. The van der Waals surface area contributed by atoms with Gasteiger partial charge in [-0.3, -0.25) is 4.79 Å². The van der Waals surface area contributed by atoms with E-state index in [1.165, 1.54) is 23.3 Å². The molecule has 0 fully saturated rings. The summed E-state index contributed by atoms with van der Waals surface area (Å²) in [5.41, 5.74) is 5.34. The second-order valence-electron chi connectivity index (χ2n) is 7.30. The summed E-state index contributed by atoms with van der Waals surface area (Å²) in [4.78, 5) is 12.9. The van der Waals surface area contributed by atoms with Crippen LogP contribution in [0.2, 0.25) is 0 Å². The third-order valence-corrected chi connectivity index (χ3v) is 5.23. The van der Waals surface area contributed by atoms with Crippen LogP contribution in [0.3, 0.4) is 0 Å². The molecular formula is C24H21F2NO. The average Bonchev–Trinajstić information content (AvgIpc) is 3.15. The smallest absolute Gasteiger partial charge is 0.270 e. The van der Waals surface area contributed by atoms with E-state index in [0.29, 0.717) is 11.1 Å². The van der Waals surface area contributed by atoms with E-state index in [4.69, 9.17) is 0 Å². The Morgan fingerprint density at radius 1 is 0.929 bits per heavy atom. The van der Waals surface area contributed by atoms with Crippen LogP contribution in [-0.2, 0) is 18.8 Å². The summed E-state index contributed by atoms with van der Waals surface area (Å²) >= 11 is 0. The summed E-state index contributed by atoms with van der Waals surface area (Å²) in [5.74, 6) is -3.10. The summed E-state index contributed by atoms with van der Waals surface area (Å²) in [6.07, 6.45) is 3.30. The third kappa shape index (κ3) is 3.68. The van der Waals surface area contributed by atoms with E-state index in [1.54, 1.807) is 24.3 Å². The molecule has 0 aromatic heterocycles. The summed E-state index contributed by atoms with van der Waals surface area (Å²) in [6.45, 7) is 0.875. The predicted molar refractivity (Wildman–Crippen MR) is 108 cm³/mol. The van der Waals surface area contributed by atoms with Crippen molar-refractivity contribution in [1.29, 1.82) is 0 Å². The van der Waals surface area contributed by atoms with E-state index in [2.05, 4.69) is 11.4 Å². The molecule has 142 valence electrons. The van der Waals surface area contributed by atoms with Crippen LogP contribution in [0.1, 0.15) is 40.4 Å². The number of rotatable bonds is 4. The Morgan fingerprint density at radius 2 is 1.64 bits per heavy atom. The highest BCUT2D eigenvalue weighted by Crippen LogP contribution is 2.31. The molecular weight excluding hydrogens is 356 g/mol. The van der Waals surface area contributed by atoms with Crippen LogP contribution in [0.15, 0.2) is 66.7 Å². The maximum atomic E-state index is 13.5. The van der Waals surface area contributed by atoms with Crippen molar-refractivity contribution in [3.63, 3.8) is 0 Å². The van der Waals surface area contributed by atoms with Crippen molar-refractivity contribution >= 4 is 11.6 Å². The van der Waals surface area contributed by atoms with Gasteiger partial charge in [-0.15, -0.1) is 0 Å². The first-order chi connectivity index (χ1) is 13.4. The van der Waals surface area contributed by atoms with Gasteiger partial charge in [0.15, 0.2) is 0 Å². The zero-order chi connectivity index (χ0) is 19.7. The van der Waals surface area contributed by atoms with E-state index in [-0.39, 0.29) is 11.5 Å². The van der Waals surface area contributed by atoms with Gasteiger partial charge in [-0.1, -0.05) is 48.5 Å². The zero-order valence-corrected chi connectivity index (χ0v) is 15.6. The van der Waals surface area contributed by atoms with Gasteiger partial charge >= 0.3 is 0 Å². The first kappa shape index (κ1) is 18.4. The lowest BCUT2D eigenvalue weighted by molar-refractivity contribution is 0.0175. The minimum atomic E-state index is -2.89. The second kappa shape index (κ2) is 7.19. The minimum Gasteiger partial charge on any atom is -0.322 e. The van der Waals surface area contributed by atoms with Crippen molar-refractivity contribution in [1.82, 2.24) is 0 Å². The lowest BCUT2D eigenvalue weighted by atomic mass is 9.97. The molecule has 0 aliphatic heterocycles. The van der Waals surface area contributed by atoms with Crippen LogP contribution < -0.4 is 5.32 Å². The molecule has 0 heterocycles. The SMILES string of the molecule is CC(F)(F)c1ccc(-c2ccccc2C(=O)Nc2ccc3c(c2)CCC3)cc1. The average molecular weight is 377 g/mol. The highest BCUT2D eigenvalue weighted by atomic mass is 19.3. The molecule has 3 aromatic carbocycles. The lowest BCUT2D eigenvalue weighted by Gasteiger charge is -2.13. The zero-order valence-electron chi connectivity index (χ0n) is 15.6. The van der Waals surface area contributed by atoms with Gasteiger partial charge in [-0.25, -0.2) is 8.78 Å². The Bertz CT molecular complexity index is 1020. The fourth-order valence-electron chi connectivity index (χ4n) is 3.72. The summed E-state index contributed by atoms with van der Waals surface area (Å²) in [5, 5.41) is 2.97. The van der Waals surface area contributed by atoms with Crippen LogP contribution in [-0.4, -0.2) is 5.91 Å². The van der Waals surface area contributed by atoms with Crippen molar-refractivity contribution in [3.05, 3.63) is 89.0 Å². The molecule has 1 aliphatic rings. The van der Waals surface area contributed by atoms with Gasteiger partial charge in [0.1, 0.15) is 0 Å². The van der Waals surface area contributed by atoms with E-state index < -0.39 is 5.92 Å². The second-order valence-corrected chi connectivity index (χ2v) is 7.30. The highest BCUT2D eigenvalue weighted by molar-refractivity contribution is 6.08. The fourth-order valence-corrected chi connectivity index (χ4v) is 3.72. The Morgan fingerprint density at radius 3 is 2.39 bits per heavy atom. The molecule has 0 saturated carbocycles. The molecule has 4 heteroatoms. The molecule has 2 nitrogen and oxygen atoms in total. The Hall–Kier alpha value is -3.01. The number of carbonyl (C=O) groups is 1. The predicted octanol–water partition coefficient (Wildman–Crippen LogP) is 6.21. The van der Waals surface area contributed by atoms with Gasteiger partial charge in [0.05, 0.1) is 0 Å². The van der Waals surface area contributed by atoms with Crippen molar-refractivity contribution in [2.45, 2.75) is 32.1 Å². The summed E-state index contributed by atoms with van der Waals surface area (Å²) in [7, 11) is 0. The topological polar surface area (TPSA) is 29.1 Å². The van der Waals surface area contributed by atoms with Crippen molar-refractivity contribution in [2.75, 3.05) is 5.32 Å². The largest absolute Gasteiger partial charge is 0.322 e. The van der Waals surface area contributed by atoms with Crippen LogP contribution in [0.4, 0.5) is 14.5 Å². The number of hydrogen-bond acceptors (Lipinski definition) is 1. The lowest BCUT2D eigenvalue weighted by Crippen LogP contribution is -2.13. The standard InChI is InChI=1S/C24H21F2NO/c1-24(25,26)19-12-9-17(10-13-19)21-7-2-3-8-22(21)23(28)27-20-14-11-16-5-4-6-18(16)15-20/h2-3,7-15H,4-6H2,1H3,(H,27,28). The van der Waals surface area contributed by atoms with E-state index in [0.717, 1.165) is 37.4 Å². The van der Waals surface area contributed by atoms with Gasteiger partial charge in [-0.2, -0.15) is 0 Å². The monoisotopic (exact) mass is 377 g/mol. The van der Waals surface area contributed by atoms with Crippen LogP contribution in [0.5, 0.6) is 0 Å². The van der Waals surface area contributed by atoms with Gasteiger partial charge in [0.2, 0.25) is 0 Å². The number of benzene rings is 3. The number of alkyl halides is 2. The van der Waals surface area contributed by atoms with Gasteiger partial charge in [0.25, 0.3) is 11.8 Å². The van der Waals surface area contributed by atoms with Crippen LogP contribution >= 0.6 is 0 Å². The molecule has 0 spiro atoms. The van der Waals surface area contributed by atoms with E-state index in [1.807, 2.05) is 24.3 Å². The number of carbonyl (C=O) groups excluding carboxylic acids is 1.